The van der Waals surface area contributed by atoms with E-state index in [4.69, 9.17) is 10.00 Å². The molecule has 6 heteroatoms. The zero-order chi connectivity index (χ0) is 17.7. The lowest BCUT2D eigenvalue weighted by Gasteiger charge is -2.15. The molecule has 0 saturated heterocycles. The molecule has 0 saturated carbocycles. The topological polar surface area (TPSA) is 89.1 Å². The molecule has 1 heterocycles. The van der Waals surface area contributed by atoms with Gasteiger partial charge in [-0.1, -0.05) is 6.92 Å². The lowest BCUT2D eigenvalue weighted by Crippen LogP contribution is -2.37. The van der Waals surface area contributed by atoms with Gasteiger partial charge in [0.25, 0.3) is 5.91 Å². The summed E-state index contributed by atoms with van der Waals surface area (Å²) in [7, 11) is 0. The van der Waals surface area contributed by atoms with Gasteiger partial charge < -0.3 is 15.3 Å². The standard InChI is InChI=1S/C18H19N3O3/c1-4-9-24-16-10-12(2)21(23)13(3)17(16)18(22)20-15-7-5-14(11-19)6-8-15/h5-8,10H,4,9H2,1-3H3,(H,20,22). The predicted molar refractivity (Wildman–Crippen MR) is 89.8 cm³/mol. The summed E-state index contributed by atoms with van der Waals surface area (Å²) in [6.45, 7) is 5.68. The molecule has 0 aliphatic carbocycles. The van der Waals surface area contributed by atoms with Gasteiger partial charge in [-0.25, -0.2) is 0 Å². The van der Waals surface area contributed by atoms with Gasteiger partial charge >= 0.3 is 0 Å². The van der Waals surface area contributed by atoms with E-state index in [0.717, 1.165) is 6.42 Å². The average molecular weight is 325 g/mol. The molecule has 1 aromatic heterocycles. The van der Waals surface area contributed by atoms with Crippen LogP contribution in [0, 0.1) is 30.4 Å². The van der Waals surface area contributed by atoms with Crippen LogP contribution in [0.1, 0.15) is 40.7 Å². The van der Waals surface area contributed by atoms with Crippen LogP contribution >= 0.6 is 0 Å². The SMILES string of the molecule is CCCOc1cc(C)[n+]([O-])c(C)c1C(=O)Nc1ccc(C#N)cc1. The Kier molecular flexibility index (Phi) is 5.38. The van der Waals surface area contributed by atoms with E-state index < -0.39 is 5.91 Å². The molecule has 2 aromatic rings. The molecule has 0 aliphatic heterocycles. The molecule has 0 radical (unpaired) electrons. The number of anilines is 1. The summed E-state index contributed by atoms with van der Waals surface area (Å²) in [6.07, 6.45) is 0.793. The molecule has 0 fully saturated rings. The highest BCUT2D eigenvalue weighted by molar-refractivity contribution is 6.06. The molecule has 0 bridgehead atoms. The molecule has 1 amide bonds. The Balaban J connectivity index is 2.36. The third kappa shape index (κ3) is 3.63. The highest BCUT2D eigenvalue weighted by Gasteiger charge is 2.24. The quantitative estimate of drug-likeness (QED) is 0.676. The Morgan fingerprint density at radius 2 is 2.00 bits per heavy atom. The zero-order valence-electron chi connectivity index (χ0n) is 13.9. The molecule has 0 aliphatic rings. The number of ether oxygens (including phenoxy) is 1. The zero-order valence-corrected chi connectivity index (χ0v) is 13.9. The Hall–Kier alpha value is -3.07. The molecule has 1 N–H and O–H groups in total. The van der Waals surface area contributed by atoms with Crippen molar-refractivity contribution in [3.05, 3.63) is 58.1 Å². The molecule has 124 valence electrons. The summed E-state index contributed by atoms with van der Waals surface area (Å²) in [4.78, 5) is 12.6. The number of nitrogens with one attached hydrogen (secondary N) is 1. The number of hydrogen-bond donors (Lipinski definition) is 1. The fourth-order valence-electron chi connectivity index (χ4n) is 2.29. The van der Waals surface area contributed by atoms with Crippen molar-refractivity contribution in [2.45, 2.75) is 27.2 Å². The number of amides is 1. The number of aromatic nitrogens is 1. The first-order valence-corrected chi connectivity index (χ1v) is 7.66. The van der Waals surface area contributed by atoms with Gasteiger partial charge in [-0.2, -0.15) is 9.99 Å². The van der Waals surface area contributed by atoms with Crippen LogP contribution in [-0.2, 0) is 0 Å². The first-order chi connectivity index (χ1) is 11.5. The largest absolute Gasteiger partial charge is 0.618 e. The maximum atomic E-state index is 12.6. The molecular weight excluding hydrogens is 306 g/mol. The minimum Gasteiger partial charge on any atom is -0.618 e. The highest BCUT2D eigenvalue weighted by Crippen LogP contribution is 2.23. The van der Waals surface area contributed by atoms with E-state index in [1.165, 1.54) is 0 Å². The van der Waals surface area contributed by atoms with Crippen molar-refractivity contribution in [3.8, 4) is 11.8 Å². The van der Waals surface area contributed by atoms with Crippen molar-refractivity contribution in [2.75, 3.05) is 11.9 Å². The summed E-state index contributed by atoms with van der Waals surface area (Å²) in [5.74, 6) is -0.0296. The normalized spacial score (nSPS) is 10.1. The van der Waals surface area contributed by atoms with Crippen LogP contribution in [0.3, 0.4) is 0 Å². The Morgan fingerprint density at radius 3 is 2.58 bits per heavy atom. The number of carbonyl (C=O) groups is 1. The minimum atomic E-state index is -0.423. The van der Waals surface area contributed by atoms with Gasteiger partial charge in [-0.15, -0.1) is 0 Å². The van der Waals surface area contributed by atoms with Crippen LogP contribution in [0.15, 0.2) is 30.3 Å². The summed E-state index contributed by atoms with van der Waals surface area (Å²) < 4.78 is 6.36. The number of benzene rings is 1. The Bertz CT molecular complexity index is 793. The van der Waals surface area contributed by atoms with E-state index in [1.54, 1.807) is 44.2 Å². The van der Waals surface area contributed by atoms with Crippen molar-refractivity contribution < 1.29 is 14.3 Å². The predicted octanol–water partition coefficient (Wildman–Crippen LogP) is 2.85. The van der Waals surface area contributed by atoms with Crippen LogP contribution in [0.4, 0.5) is 5.69 Å². The fraction of sp³-hybridized carbons (Fsp3) is 0.278. The first kappa shape index (κ1) is 17.3. The van der Waals surface area contributed by atoms with Gasteiger partial charge in [0.2, 0.25) is 5.69 Å². The number of nitrogens with zero attached hydrogens (tertiary/aromatic N) is 2. The minimum absolute atomic E-state index is 0.216. The summed E-state index contributed by atoms with van der Waals surface area (Å²) >= 11 is 0. The van der Waals surface area contributed by atoms with E-state index in [1.807, 2.05) is 13.0 Å². The van der Waals surface area contributed by atoms with E-state index >= 15 is 0 Å². The number of hydrogen-bond acceptors (Lipinski definition) is 4. The van der Waals surface area contributed by atoms with Crippen LogP contribution in [-0.4, -0.2) is 12.5 Å². The van der Waals surface area contributed by atoms with E-state index in [-0.39, 0.29) is 11.3 Å². The fourth-order valence-corrected chi connectivity index (χ4v) is 2.29. The van der Waals surface area contributed by atoms with Crippen molar-refractivity contribution in [1.29, 1.82) is 5.26 Å². The van der Waals surface area contributed by atoms with Crippen LogP contribution in [0.5, 0.6) is 5.75 Å². The Labute approximate surface area is 140 Å². The second kappa shape index (κ2) is 7.47. The molecule has 6 nitrogen and oxygen atoms in total. The number of carbonyl (C=O) groups excluding carboxylic acids is 1. The summed E-state index contributed by atoms with van der Waals surface area (Å²) in [6, 6.07) is 10.1. The molecule has 24 heavy (non-hydrogen) atoms. The lowest BCUT2D eigenvalue weighted by atomic mass is 10.1. The van der Waals surface area contributed by atoms with Crippen molar-refractivity contribution in [1.82, 2.24) is 0 Å². The monoisotopic (exact) mass is 325 g/mol. The van der Waals surface area contributed by atoms with Gasteiger partial charge in [0.15, 0.2) is 5.69 Å². The second-order valence-corrected chi connectivity index (χ2v) is 5.40. The molecule has 2 rings (SSSR count). The average Bonchev–Trinajstić information content (AvgIpc) is 2.58. The van der Waals surface area contributed by atoms with Crippen LogP contribution < -0.4 is 14.8 Å². The van der Waals surface area contributed by atoms with Crippen LogP contribution in [0.25, 0.3) is 0 Å². The van der Waals surface area contributed by atoms with Crippen molar-refractivity contribution in [3.63, 3.8) is 0 Å². The van der Waals surface area contributed by atoms with E-state index in [9.17, 15) is 10.0 Å². The van der Waals surface area contributed by atoms with Gasteiger partial charge in [0, 0.05) is 25.6 Å². The van der Waals surface area contributed by atoms with E-state index in [0.29, 0.717) is 34.0 Å². The van der Waals surface area contributed by atoms with Crippen molar-refractivity contribution in [2.24, 2.45) is 0 Å². The Morgan fingerprint density at radius 1 is 1.33 bits per heavy atom. The molecular formula is C18H19N3O3. The van der Waals surface area contributed by atoms with Gasteiger partial charge in [-0.3, -0.25) is 4.79 Å². The smallest absolute Gasteiger partial charge is 0.265 e. The maximum absolute atomic E-state index is 12.6. The third-order valence-electron chi connectivity index (χ3n) is 3.53. The number of nitriles is 1. The molecule has 0 unspecified atom stereocenters. The maximum Gasteiger partial charge on any atom is 0.265 e. The lowest BCUT2D eigenvalue weighted by molar-refractivity contribution is -0.619. The van der Waals surface area contributed by atoms with Crippen LogP contribution in [0.2, 0.25) is 0 Å². The highest BCUT2D eigenvalue weighted by atomic mass is 16.5. The molecule has 0 atom stereocenters. The summed E-state index contributed by atoms with van der Waals surface area (Å²) in [5.41, 5.74) is 2.01. The van der Waals surface area contributed by atoms with E-state index in [2.05, 4.69) is 5.32 Å². The molecule has 0 spiro atoms. The number of rotatable bonds is 5. The number of aryl methyl sites for hydroxylation is 1. The van der Waals surface area contributed by atoms with Crippen molar-refractivity contribution >= 4 is 11.6 Å². The van der Waals surface area contributed by atoms with Gasteiger partial charge in [-0.05, 0) is 30.7 Å². The van der Waals surface area contributed by atoms with Gasteiger partial charge in [0.1, 0.15) is 11.3 Å². The third-order valence-corrected chi connectivity index (χ3v) is 3.53. The summed E-state index contributed by atoms with van der Waals surface area (Å²) in [5, 5.41) is 23.6. The first-order valence-electron chi connectivity index (χ1n) is 7.66. The number of pyridine rings is 1. The van der Waals surface area contributed by atoms with Gasteiger partial charge in [0.05, 0.1) is 18.2 Å². The second-order valence-electron chi connectivity index (χ2n) is 5.40. The molecule has 1 aromatic carbocycles.